The lowest BCUT2D eigenvalue weighted by atomic mass is 10.7. The van der Waals surface area contributed by atoms with E-state index in [-0.39, 0.29) is 5.90 Å². The normalized spacial score (nSPS) is 13.8. The van der Waals surface area contributed by atoms with Gasteiger partial charge in [0, 0.05) is 30.8 Å². The summed E-state index contributed by atoms with van der Waals surface area (Å²) in [6.45, 7) is 1.06. The molecule has 0 spiro atoms. The van der Waals surface area contributed by atoms with Crippen molar-refractivity contribution in [2.75, 3.05) is 20.8 Å². The van der Waals surface area contributed by atoms with E-state index >= 15 is 0 Å². The second-order valence-corrected chi connectivity index (χ2v) is 5.29. The van der Waals surface area contributed by atoms with Crippen LogP contribution in [0.4, 0.5) is 0 Å². The Balaban J connectivity index is 4.51. The molecule has 0 fully saturated rings. The van der Waals surface area contributed by atoms with Gasteiger partial charge in [0.15, 0.2) is 6.54 Å². The number of rotatable bonds is 4. The molecule has 0 aromatic rings. The highest BCUT2D eigenvalue weighted by Gasteiger charge is 2.23. The van der Waals surface area contributed by atoms with Crippen molar-refractivity contribution < 1.29 is 23.5 Å². The van der Waals surface area contributed by atoms with E-state index in [1.54, 1.807) is 13.8 Å². The van der Waals surface area contributed by atoms with Crippen LogP contribution in [0, 0.1) is 0 Å². The highest BCUT2D eigenvalue weighted by atomic mass is 32.5. The minimum Gasteiger partial charge on any atom is -0.370 e. The number of nitrogens with zero attached hydrogens (tertiary/aromatic N) is 1. The molecule has 0 radical (unpaired) electrons. The molecule has 0 bridgehead atoms. The summed E-state index contributed by atoms with van der Waals surface area (Å²) in [4.78, 5) is 0. The van der Waals surface area contributed by atoms with Crippen molar-refractivity contribution in [2.24, 2.45) is 0 Å². The smallest absolute Gasteiger partial charge is 0.370 e. The monoisotopic (exact) mass is 228 g/mol. The molecule has 0 aliphatic heterocycles. The molecule has 0 heterocycles. The van der Waals surface area contributed by atoms with E-state index in [1.165, 1.54) is 14.2 Å². The Labute approximate surface area is 83.1 Å². The highest BCUT2D eigenvalue weighted by Crippen LogP contribution is 2.48. The molecule has 0 aliphatic rings. The second kappa shape index (κ2) is 5.54. The van der Waals surface area contributed by atoms with Gasteiger partial charge in [-0.3, -0.25) is 5.21 Å². The third-order valence-electron chi connectivity index (χ3n) is 1.35. The van der Waals surface area contributed by atoms with Gasteiger partial charge in [-0.15, -0.1) is 0 Å². The predicted octanol–water partition coefficient (Wildman–Crippen LogP) is 1.36. The Morgan fingerprint density at radius 3 is 2.23 bits per heavy atom. The van der Waals surface area contributed by atoms with Crippen LogP contribution >= 0.6 is 6.72 Å². The van der Waals surface area contributed by atoms with Gasteiger partial charge in [-0.2, -0.15) is 0 Å². The van der Waals surface area contributed by atoms with Crippen LogP contribution in [0.2, 0.25) is 0 Å². The summed E-state index contributed by atoms with van der Waals surface area (Å²) in [6.07, 6.45) is 0. The molecule has 13 heavy (non-hydrogen) atoms. The maximum atomic E-state index is 9.21. The van der Waals surface area contributed by atoms with Crippen LogP contribution in [0.1, 0.15) is 13.8 Å². The third-order valence-corrected chi connectivity index (χ3v) is 3.85. The minimum absolute atomic E-state index is 0.273. The van der Waals surface area contributed by atoms with Crippen molar-refractivity contribution in [2.45, 2.75) is 13.8 Å². The molecule has 0 atom stereocenters. The SMILES string of the molecule is CC[N+](O)=C(C)OP(=S)(OC)OC. The Morgan fingerprint density at radius 1 is 1.46 bits per heavy atom. The van der Waals surface area contributed by atoms with E-state index in [0.29, 0.717) is 6.54 Å². The molecule has 0 saturated heterocycles. The van der Waals surface area contributed by atoms with Crippen molar-refractivity contribution in [3.63, 3.8) is 0 Å². The topological polar surface area (TPSA) is 50.9 Å². The zero-order valence-electron chi connectivity index (χ0n) is 8.18. The van der Waals surface area contributed by atoms with Crippen LogP contribution in [0.3, 0.4) is 0 Å². The van der Waals surface area contributed by atoms with Gasteiger partial charge >= 0.3 is 12.6 Å². The van der Waals surface area contributed by atoms with Crippen LogP contribution in [0.15, 0.2) is 0 Å². The molecule has 0 rings (SSSR count). The van der Waals surface area contributed by atoms with Crippen molar-refractivity contribution in [3.8, 4) is 0 Å². The first-order valence-electron chi connectivity index (χ1n) is 3.70. The van der Waals surface area contributed by atoms with E-state index in [9.17, 15) is 5.21 Å². The quantitative estimate of drug-likeness (QED) is 0.197. The Kier molecular flexibility index (Phi) is 5.48. The molecule has 1 N–H and O–H groups in total. The zero-order chi connectivity index (χ0) is 10.5. The standard InChI is InChI=1S/C6H15NO4PS/c1-5-7(8)6(2)11-12(13,9-3)10-4/h8H,5H2,1-4H3/q+1. The van der Waals surface area contributed by atoms with Gasteiger partial charge < -0.3 is 13.6 Å². The average Bonchev–Trinajstić information content (AvgIpc) is 2.16. The van der Waals surface area contributed by atoms with E-state index in [1.807, 2.05) is 0 Å². The fourth-order valence-corrected chi connectivity index (χ4v) is 1.62. The summed E-state index contributed by atoms with van der Waals surface area (Å²) in [5.41, 5.74) is 0. The molecule has 0 amide bonds. The molecule has 0 aromatic heterocycles. The summed E-state index contributed by atoms with van der Waals surface area (Å²) >= 11 is 4.93. The first-order chi connectivity index (χ1) is 5.99. The van der Waals surface area contributed by atoms with Gasteiger partial charge in [-0.05, 0) is 6.92 Å². The van der Waals surface area contributed by atoms with Gasteiger partial charge in [0.1, 0.15) is 0 Å². The fourth-order valence-electron chi connectivity index (χ4n) is 0.581. The van der Waals surface area contributed by atoms with Crippen LogP contribution in [0.25, 0.3) is 0 Å². The van der Waals surface area contributed by atoms with E-state index in [4.69, 9.17) is 25.4 Å². The summed E-state index contributed by atoms with van der Waals surface area (Å²) in [6, 6.07) is 0. The molecule has 5 nitrogen and oxygen atoms in total. The summed E-state index contributed by atoms with van der Waals surface area (Å²) in [7, 11) is 2.82. The van der Waals surface area contributed by atoms with Crippen LogP contribution in [-0.4, -0.2) is 36.6 Å². The lowest BCUT2D eigenvalue weighted by Gasteiger charge is -2.15. The van der Waals surface area contributed by atoms with Crippen LogP contribution in [0.5, 0.6) is 0 Å². The Hall–Kier alpha value is -0.160. The van der Waals surface area contributed by atoms with E-state index in [0.717, 1.165) is 4.74 Å². The van der Waals surface area contributed by atoms with Crippen LogP contribution < -0.4 is 0 Å². The van der Waals surface area contributed by atoms with Gasteiger partial charge in [0.05, 0.1) is 6.92 Å². The number of hydroxylamine groups is 1. The van der Waals surface area contributed by atoms with Gasteiger partial charge in [0.25, 0.3) is 0 Å². The van der Waals surface area contributed by atoms with Gasteiger partial charge in [-0.1, -0.05) is 0 Å². The molecular formula is C6H15NO4PS+. The zero-order valence-corrected chi connectivity index (χ0v) is 9.89. The predicted molar refractivity (Wildman–Crippen MR) is 52.7 cm³/mol. The lowest BCUT2D eigenvalue weighted by Crippen LogP contribution is -2.17. The first-order valence-corrected chi connectivity index (χ1v) is 6.25. The van der Waals surface area contributed by atoms with Crippen molar-refractivity contribution in [3.05, 3.63) is 0 Å². The van der Waals surface area contributed by atoms with E-state index < -0.39 is 6.72 Å². The summed E-state index contributed by atoms with van der Waals surface area (Å²) < 4.78 is 15.8. The van der Waals surface area contributed by atoms with Crippen LogP contribution in [-0.2, 0) is 25.4 Å². The molecule has 0 saturated carbocycles. The maximum Gasteiger partial charge on any atom is 0.388 e. The second-order valence-electron chi connectivity index (χ2n) is 2.14. The molecule has 0 unspecified atom stereocenters. The number of hydrogen-bond donors (Lipinski definition) is 1. The minimum atomic E-state index is -2.71. The summed E-state index contributed by atoms with van der Waals surface area (Å²) in [5, 5.41) is 9.21. The highest BCUT2D eigenvalue weighted by molar-refractivity contribution is 8.07. The van der Waals surface area contributed by atoms with Crippen molar-refractivity contribution in [1.82, 2.24) is 0 Å². The molecule has 78 valence electrons. The molecule has 7 heteroatoms. The maximum absolute atomic E-state index is 9.21. The van der Waals surface area contributed by atoms with Gasteiger partial charge in [0.2, 0.25) is 0 Å². The van der Waals surface area contributed by atoms with Gasteiger partial charge in [-0.25, -0.2) is 0 Å². The molecular weight excluding hydrogens is 213 g/mol. The first kappa shape index (κ1) is 12.8. The number of hydrogen-bond acceptors (Lipinski definition) is 5. The van der Waals surface area contributed by atoms with Crippen molar-refractivity contribution in [1.29, 1.82) is 0 Å². The van der Waals surface area contributed by atoms with E-state index in [2.05, 4.69) is 0 Å². The van der Waals surface area contributed by atoms with Crippen molar-refractivity contribution >= 4 is 24.4 Å². The lowest BCUT2D eigenvalue weighted by molar-refractivity contribution is -0.776. The molecule has 0 aliphatic carbocycles. The average molecular weight is 228 g/mol. The largest absolute Gasteiger partial charge is 0.388 e. The Morgan fingerprint density at radius 2 is 1.92 bits per heavy atom. The third kappa shape index (κ3) is 4.04. The summed E-state index contributed by atoms with van der Waals surface area (Å²) in [5.74, 6) is 0.273. The Bertz CT molecular complexity index is 235. The molecule has 0 aromatic carbocycles. The fraction of sp³-hybridized carbons (Fsp3) is 0.833.